The molecule has 0 bridgehead atoms. The van der Waals surface area contributed by atoms with E-state index in [4.69, 9.17) is 0 Å². The molecule has 1 aliphatic heterocycles. The van der Waals surface area contributed by atoms with Crippen molar-refractivity contribution in [2.45, 2.75) is 39.3 Å². The van der Waals surface area contributed by atoms with Gasteiger partial charge in [0.05, 0.1) is 17.4 Å². The molecule has 0 aliphatic carbocycles. The second-order valence-electron chi connectivity index (χ2n) is 9.63. The molecule has 0 saturated carbocycles. The molecule has 11 heteroatoms. The molecule has 39 heavy (non-hydrogen) atoms. The van der Waals surface area contributed by atoms with Crippen LogP contribution in [0.15, 0.2) is 61.1 Å². The topological polar surface area (TPSA) is 127 Å². The van der Waals surface area contributed by atoms with Gasteiger partial charge < -0.3 is 10.2 Å². The zero-order valence-corrected chi connectivity index (χ0v) is 21.5. The average molecular weight is 523 g/mol. The number of likely N-dealkylation sites (tertiary alicyclic amines) is 1. The summed E-state index contributed by atoms with van der Waals surface area (Å²) in [5.41, 5.74) is 3.41. The second-order valence-corrected chi connectivity index (χ2v) is 9.63. The van der Waals surface area contributed by atoms with Crippen LogP contribution in [-0.2, 0) is 16.1 Å². The Hall–Kier alpha value is -4.93. The number of aromatic nitrogens is 6. The maximum atomic E-state index is 13.4. The highest BCUT2D eigenvalue weighted by Gasteiger charge is 2.34. The molecule has 11 nitrogen and oxygen atoms in total. The Morgan fingerprint density at radius 3 is 2.79 bits per heavy atom. The molecule has 1 unspecified atom stereocenters. The summed E-state index contributed by atoms with van der Waals surface area (Å²) in [4.78, 5) is 53.5. The lowest BCUT2D eigenvalue weighted by Crippen LogP contribution is -2.44. The van der Waals surface area contributed by atoms with E-state index in [9.17, 15) is 14.4 Å². The molecule has 5 heterocycles. The largest absolute Gasteiger partial charge is 0.329 e. The number of ketones is 1. The van der Waals surface area contributed by atoms with E-state index in [-0.39, 0.29) is 29.8 Å². The molecule has 1 aromatic carbocycles. The summed E-state index contributed by atoms with van der Waals surface area (Å²) < 4.78 is 3.41. The number of nitrogens with zero attached hydrogens (tertiary/aromatic N) is 7. The van der Waals surface area contributed by atoms with Crippen molar-refractivity contribution >= 4 is 40.1 Å². The summed E-state index contributed by atoms with van der Waals surface area (Å²) in [5.74, 6) is 0.332. The minimum Gasteiger partial charge on any atom is -0.329 e. The van der Waals surface area contributed by atoms with Gasteiger partial charge in [-0.2, -0.15) is 5.10 Å². The third kappa shape index (κ3) is 4.52. The van der Waals surface area contributed by atoms with Gasteiger partial charge in [-0.05, 0) is 50.1 Å². The Morgan fingerprint density at radius 2 is 1.97 bits per heavy atom. The first-order valence-electron chi connectivity index (χ1n) is 12.7. The van der Waals surface area contributed by atoms with Crippen molar-refractivity contribution in [3.05, 3.63) is 72.4 Å². The normalized spacial score (nSPS) is 15.2. The van der Waals surface area contributed by atoms with Gasteiger partial charge in [0.2, 0.25) is 17.6 Å². The van der Waals surface area contributed by atoms with E-state index in [1.807, 2.05) is 53.9 Å². The van der Waals surface area contributed by atoms with Gasteiger partial charge in [0.1, 0.15) is 24.1 Å². The molecular weight excluding hydrogens is 496 g/mol. The number of nitrogens with one attached hydrogen (secondary N) is 1. The second kappa shape index (κ2) is 9.75. The molecule has 1 aliphatic rings. The fourth-order valence-electron chi connectivity index (χ4n) is 5.14. The molecule has 5 aromatic rings. The molecule has 1 fully saturated rings. The summed E-state index contributed by atoms with van der Waals surface area (Å²) in [6.45, 7) is 3.69. The maximum Gasteiger partial charge on any atom is 0.248 e. The molecule has 1 atom stereocenters. The van der Waals surface area contributed by atoms with Gasteiger partial charge >= 0.3 is 0 Å². The van der Waals surface area contributed by atoms with Crippen molar-refractivity contribution in [3.8, 4) is 11.3 Å². The van der Waals surface area contributed by atoms with Crippen molar-refractivity contribution in [3.63, 3.8) is 0 Å². The van der Waals surface area contributed by atoms with Crippen molar-refractivity contribution in [1.29, 1.82) is 0 Å². The number of benzene rings is 1. The number of anilines is 1. The van der Waals surface area contributed by atoms with Crippen LogP contribution in [-0.4, -0.2) is 64.2 Å². The van der Waals surface area contributed by atoms with Gasteiger partial charge in [0.25, 0.3) is 0 Å². The number of pyridine rings is 1. The fraction of sp³-hybridized carbons (Fsp3) is 0.250. The van der Waals surface area contributed by atoms with Gasteiger partial charge in [0, 0.05) is 42.5 Å². The quantitative estimate of drug-likeness (QED) is 0.339. The molecule has 2 amide bonds. The minimum absolute atomic E-state index is 0.0882. The van der Waals surface area contributed by atoms with Gasteiger partial charge in [-0.1, -0.05) is 12.1 Å². The summed E-state index contributed by atoms with van der Waals surface area (Å²) >= 11 is 0. The Bertz CT molecular complexity index is 1750. The van der Waals surface area contributed by atoms with Crippen LogP contribution in [0.4, 0.5) is 5.82 Å². The van der Waals surface area contributed by atoms with E-state index in [2.05, 4.69) is 25.4 Å². The number of carbonyl (C=O) groups is 3. The van der Waals surface area contributed by atoms with Crippen LogP contribution in [0.25, 0.3) is 27.9 Å². The maximum absolute atomic E-state index is 13.4. The van der Waals surface area contributed by atoms with Crippen LogP contribution >= 0.6 is 0 Å². The van der Waals surface area contributed by atoms with Gasteiger partial charge in [-0.3, -0.25) is 23.5 Å². The number of aryl methyl sites for hydroxylation is 1. The monoisotopic (exact) mass is 522 g/mol. The first-order chi connectivity index (χ1) is 18.9. The van der Waals surface area contributed by atoms with Gasteiger partial charge in [-0.25, -0.2) is 15.0 Å². The van der Waals surface area contributed by atoms with Crippen LogP contribution < -0.4 is 5.32 Å². The molecule has 196 valence electrons. The summed E-state index contributed by atoms with van der Waals surface area (Å²) in [6, 6.07) is 12.3. The highest BCUT2D eigenvalue weighted by molar-refractivity contribution is 6.06. The number of hydrogen-bond donors (Lipinski definition) is 1. The zero-order chi connectivity index (χ0) is 27.1. The third-order valence-electron chi connectivity index (χ3n) is 6.97. The van der Waals surface area contributed by atoms with E-state index in [0.717, 1.165) is 23.4 Å². The summed E-state index contributed by atoms with van der Waals surface area (Å²) in [7, 11) is 0. The van der Waals surface area contributed by atoms with Crippen LogP contribution in [0.5, 0.6) is 0 Å². The van der Waals surface area contributed by atoms with E-state index in [0.29, 0.717) is 35.5 Å². The molecular formula is C28H26N8O3. The Kier molecular flexibility index (Phi) is 6.10. The molecule has 1 saturated heterocycles. The number of Topliss-reactive ketones (excluding diaryl/α,β-unsaturated/α-hetero) is 1. The summed E-state index contributed by atoms with van der Waals surface area (Å²) in [6.07, 6.45) is 6.58. The zero-order valence-electron chi connectivity index (χ0n) is 21.5. The Labute approximate surface area is 223 Å². The van der Waals surface area contributed by atoms with Crippen molar-refractivity contribution in [2.75, 3.05) is 11.9 Å². The van der Waals surface area contributed by atoms with Crippen LogP contribution in [0.2, 0.25) is 0 Å². The van der Waals surface area contributed by atoms with Gasteiger partial charge in [-0.15, -0.1) is 0 Å². The molecule has 0 radical (unpaired) electrons. The minimum atomic E-state index is -0.593. The number of carbonyl (C=O) groups excluding carboxylic acids is 3. The highest BCUT2D eigenvalue weighted by Crippen LogP contribution is 2.28. The van der Waals surface area contributed by atoms with Gasteiger partial charge in [0.15, 0.2) is 5.78 Å². The van der Waals surface area contributed by atoms with E-state index < -0.39 is 6.04 Å². The lowest BCUT2D eigenvalue weighted by atomic mass is 10.1. The average Bonchev–Trinajstić information content (AvgIpc) is 3.66. The van der Waals surface area contributed by atoms with Crippen molar-refractivity contribution in [1.82, 2.24) is 34.0 Å². The molecule has 4 aromatic heterocycles. The van der Waals surface area contributed by atoms with E-state index in [1.54, 1.807) is 28.0 Å². The number of rotatable bonds is 6. The highest BCUT2D eigenvalue weighted by atomic mass is 16.2. The molecule has 6 rings (SSSR count). The lowest BCUT2D eigenvalue weighted by Gasteiger charge is -2.24. The number of fused-ring (bicyclic) bond motifs is 2. The number of imidazole rings is 1. The number of amides is 2. The fourth-order valence-corrected chi connectivity index (χ4v) is 5.14. The van der Waals surface area contributed by atoms with Crippen LogP contribution in [0, 0.1) is 6.92 Å². The lowest BCUT2D eigenvalue weighted by molar-refractivity contribution is -0.137. The number of hydrogen-bond acceptors (Lipinski definition) is 7. The molecule has 0 spiro atoms. The van der Waals surface area contributed by atoms with E-state index in [1.165, 1.54) is 6.92 Å². The van der Waals surface area contributed by atoms with E-state index >= 15 is 0 Å². The summed E-state index contributed by atoms with van der Waals surface area (Å²) in [5, 5.41) is 7.98. The van der Waals surface area contributed by atoms with Crippen LogP contribution in [0.1, 0.15) is 35.9 Å². The third-order valence-corrected chi connectivity index (χ3v) is 6.97. The van der Waals surface area contributed by atoms with Crippen molar-refractivity contribution in [2.24, 2.45) is 0 Å². The Balaban J connectivity index is 1.27. The first-order valence-corrected chi connectivity index (χ1v) is 12.7. The predicted octanol–water partition coefficient (Wildman–Crippen LogP) is 3.28. The smallest absolute Gasteiger partial charge is 0.248 e. The van der Waals surface area contributed by atoms with Crippen LogP contribution in [0.3, 0.4) is 0 Å². The van der Waals surface area contributed by atoms with Crippen molar-refractivity contribution < 1.29 is 14.4 Å². The first kappa shape index (κ1) is 24.4. The predicted molar refractivity (Wildman–Crippen MR) is 144 cm³/mol. The standard InChI is InChI=1S/C28H26N8O3/c1-17-6-3-8-24(31-17)32-27(39)22-7-4-12-34(22)25(38)16-36-21-10-9-19(14-20(21)26(33-36)18(2)37)23-15-30-28-29-11-5-13-35(23)28/h3,5-6,8-11,13-15,22H,4,7,12,16H2,1-2H3,(H,31,32,39). The molecule has 1 N–H and O–H groups in total. The SMILES string of the molecule is CC(=O)c1nn(CC(=O)N2CCCC2C(=O)Nc2cccc(C)n2)c2ccc(-c3cnc4ncccn34)cc12. The Morgan fingerprint density at radius 1 is 1.10 bits per heavy atom.